The van der Waals surface area contributed by atoms with Gasteiger partial charge in [0, 0.05) is 62.3 Å². The second-order valence-electron chi connectivity index (χ2n) is 10.3. The summed E-state index contributed by atoms with van der Waals surface area (Å²) in [6.07, 6.45) is 5.66. The fraction of sp³-hybridized carbons (Fsp3) is 0.448. The molecule has 1 aliphatic heterocycles. The van der Waals surface area contributed by atoms with Gasteiger partial charge in [-0.05, 0) is 74.9 Å². The number of carbonyl (C=O) groups excluding carboxylic acids is 3. The molecule has 10 heteroatoms. The van der Waals surface area contributed by atoms with Crippen LogP contribution in [0, 0.1) is 17.2 Å². The monoisotopic (exact) mass is 553 g/mol. The summed E-state index contributed by atoms with van der Waals surface area (Å²) in [4.78, 5) is 43.2. The molecule has 4 amide bonds. The number of likely N-dealkylation sites (tertiary alicyclic amines) is 1. The molecule has 2 aromatic rings. The van der Waals surface area contributed by atoms with E-state index in [1.807, 2.05) is 24.9 Å². The summed E-state index contributed by atoms with van der Waals surface area (Å²) in [6, 6.07) is 10.3. The highest BCUT2D eigenvalue weighted by Gasteiger charge is 2.29. The number of anilines is 2. The van der Waals surface area contributed by atoms with Crippen LogP contribution in [0.25, 0.3) is 0 Å². The summed E-state index contributed by atoms with van der Waals surface area (Å²) in [7, 11) is 1.89. The summed E-state index contributed by atoms with van der Waals surface area (Å²) in [6.45, 7) is 4.72. The van der Waals surface area contributed by atoms with Gasteiger partial charge in [0.15, 0.2) is 0 Å². The molecule has 1 heterocycles. The lowest BCUT2D eigenvalue weighted by Gasteiger charge is -2.32. The van der Waals surface area contributed by atoms with E-state index in [-0.39, 0.29) is 17.9 Å². The predicted molar refractivity (Wildman–Crippen MR) is 153 cm³/mol. The van der Waals surface area contributed by atoms with Crippen molar-refractivity contribution in [1.82, 2.24) is 9.80 Å². The summed E-state index contributed by atoms with van der Waals surface area (Å²) in [5.41, 5.74) is 2.24. The molecular weight excluding hydrogens is 518 g/mol. The minimum atomic E-state index is -0.354. The van der Waals surface area contributed by atoms with E-state index in [2.05, 4.69) is 5.32 Å². The first kappa shape index (κ1) is 28.4. The van der Waals surface area contributed by atoms with Gasteiger partial charge < -0.3 is 25.3 Å². The molecule has 0 radical (unpaired) electrons. The van der Waals surface area contributed by atoms with Crippen LogP contribution in [0.2, 0.25) is 5.02 Å². The Kier molecular flexibility index (Phi) is 9.45. The van der Waals surface area contributed by atoms with Crippen LogP contribution < -0.4 is 15.0 Å². The number of carbonyl (C=O) groups is 3. The molecule has 0 aromatic heterocycles. The van der Waals surface area contributed by atoms with E-state index in [1.165, 1.54) is 11.1 Å². The highest BCUT2D eigenvalue weighted by atomic mass is 35.5. The highest BCUT2D eigenvalue weighted by molar-refractivity contribution is 6.33. The van der Waals surface area contributed by atoms with Crippen LogP contribution in [0.3, 0.4) is 0 Å². The summed E-state index contributed by atoms with van der Waals surface area (Å²) in [5, 5.41) is 10.8. The Morgan fingerprint density at radius 2 is 1.97 bits per heavy atom. The van der Waals surface area contributed by atoms with Crippen molar-refractivity contribution in [2.75, 3.05) is 50.1 Å². The van der Waals surface area contributed by atoms with Gasteiger partial charge in [-0.25, -0.2) is 4.79 Å². The molecule has 2 aliphatic rings. The van der Waals surface area contributed by atoms with Gasteiger partial charge >= 0.3 is 6.03 Å². The molecule has 39 heavy (non-hydrogen) atoms. The van der Waals surface area contributed by atoms with Gasteiger partial charge in [0.1, 0.15) is 5.75 Å². The average Bonchev–Trinajstić information content (AvgIpc) is 3.78. The van der Waals surface area contributed by atoms with Crippen molar-refractivity contribution in [1.29, 1.82) is 5.41 Å². The van der Waals surface area contributed by atoms with Crippen molar-refractivity contribution in [3.8, 4) is 5.75 Å². The Labute approximate surface area is 234 Å². The molecular formula is C29H36ClN5O4. The van der Waals surface area contributed by atoms with E-state index >= 15 is 0 Å². The first-order chi connectivity index (χ1) is 18.8. The van der Waals surface area contributed by atoms with Crippen LogP contribution in [0.1, 0.15) is 48.5 Å². The number of halogens is 1. The number of ether oxygens (including phenoxy) is 1. The molecule has 0 spiro atoms. The van der Waals surface area contributed by atoms with Crippen molar-refractivity contribution in [3.05, 3.63) is 52.5 Å². The number of imide groups is 1. The van der Waals surface area contributed by atoms with E-state index < -0.39 is 0 Å². The molecule has 1 saturated heterocycles. The average molecular weight is 554 g/mol. The van der Waals surface area contributed by atoms with E-state index in [0.29, 0.717) is 78.4 Å². The Hall–Kier alpha value is -3.59. The molecule has 4 rings (SSSR count). The van der Waals surface area contributed by atoms with Gasteiger partial charge in [-0.2, -0.15) is 0 Å². The molecule has 2 fully saturated rings. The van der Waals surface area contributed by atoms with E-state index in [1.54, 1.807) is 35.2 Å². The van der Waals surface area contributed by atoms with E-state index in [9.17, 15) is 14.4 Å². The van der Waals surface area contributed by atoms with Crippen LogP contribution in [0.5, 0.6) is 5.75 Å². The summed E-state index contributed by atoms with van der Waals surface area (Å²) >= 11 is 6.17. The first-order valence-electron chi connectivity index (χ1n) is 13.4. The smallest absolute Gasteiger partial charge is 0.321 e. The van der Waals surface area contributed by atoms with Crippen LogP contribution in [0.4, 0.5) is 16.2 Å². The number of piperidine rings is 1. The largest absolute Gasteiger partial charge is 0.493 e. The molecule has 208 valence electrons. The third-order valence-electron chi connectivity index (χ3n) is 7.32. The zero-order valence-electron chi connectivity index (χ0n) is 22.5. The third kappa shape index (κ3) is 7.29. The van der Waals surface area contributed by atoms with Crippen molar-refractivity contribution in [3.63, 3.8) is 0 Å². The number of benzene rings is 2. The Morgan fingerprint density at radius 3 is 2.64 bits per heavy atom. The second kappa shape index (κ2) is 13.0. The van der Waals surface area contributed by atoms with Crippen molar-refractivity contribution >= 4 is 47.5 Å². The lowest BCUT2D eigenvalue weighted by Crippen LogP contribution is -2.43. The number of nitrogens with one attached hydrogen (secondary N) is 2. The normalized spacial score (nSPS) is 16.8. The maximum absolute atomic E-state index is 13.3. The zero-order chi connectivity index (χ0) is 27.9. The fourth-order valence-corrected chi connectivity index (χ4v) is 4.94. The third-order valence-corrected chi connectivity index (χ3v) is 7.65. The SMILES string of the molecule is CCN(C)c1ccc(NC(=O)N2CCCC(COc3ccc(C=N)c(Cl)c3)C2)cc1C(=O)N(C=O)CC1CC1. The van der Waals surface area contributed by atoms with Gasteiger partial charge in [-0.15, -0.1) is 0 Å². The van der Waals surface area contributed by atoms with Crippen LogP contribution in [0.15, 0.2) is 36.4 Å². The number of amides is 4. The maximum Gasteiger partial charge on any atom is 0.321 e. The highest BCUT2D eigenvalue weighted by Crippen LogP contribution is 2.31. The second-order valence-corrected chi connectivity index (χ2v) is 10.7. The standard InChI is InChI=1S/C29H36ClN5O4/c1-3-33(2)27-11-9-23(13-25(27)28(37)35(19-36)16-20-6-7-20)32-29(38)34-12-4-5-21(17-34)18-39-24-10-8-22(15-31)26(30)14-24/h8-11,13-15,19-21,31H,3-7,12,16-18H2,1-2H3,(H,32,38). The van der Waals surface area contributed by atoms with Gasteiger partial charge in [0.05, 0.1) is 17.2 Å². The van der Waals surface area contributed by atoms with Crippen molar-refractivity contribution in [2.45, 2.75) is 32.6 Å². The molecule has 1 saturated carbocycles. The minimum Gasteiger partial charge on any atom is -0.493 e. The molecule has 1 unspecified atom stereocenters. The number of hydrogen-bond acceptors (Lipinski definition) is 6. The number of urea groups is 1. The maximum atomic E-state index is 13.3. The van der Waals surface area contributed by atoms with Crippen molar-refractivity contribution in [2.24, 2.45) is 11.8 Å². The van der Waals surface area contributed by atoms with Gasteiger partial charge in [-0.1, -0.05) is 11.6 Å². The first-order valence-corrected chi connectivity index (χ1v) is 13.8. The number of rotatable bonds is 11. The molecule has 1 atom stereocenters. The molecule has 2 N–H and O–H groups in total. The van der Waals surface area contributed by atoms with Crippen molar-refractivity contribution < 1.29 is 19.1 Å². The summed E-state index contributed by atoms with van der Waals surface area (Å²) in [5.74, 6) is 0.815. The summed E-state index contributed by atoms with van der Waals surface area (Å²) < 4.78 is 5.93. The van der Waals surface area contributed by atoms with Crippen LogP contribution >= 0.6 is 11.6 Å². The minimum absolute atomic E-state index is 0.159. The van der Waals surface area contributed by atoms with E-state index in [0.717, 1.165) is 25.7 Å². The van der Waals surface area contributed by atoms with Gasteiger partial charge in [0.2, 0.25) is 6.41 Å². The Morgan fingerprint density at radius 1 is 1.18 bits per heavy atom. The van der Waals surface area contributed by atoms with Crippen LogP contribution in [-0.2, 0) is 4.79 Å². The van der Waals surface area contributed by atoms with E-state index in [4.69, 9.17) is 21.7 Å². The van der Waals surface area contributed by atoms with Crippen LogP contribution in [-0.4, -0.2) is 74.2 Å². The Balaban J connectivity index is 1.41. The molecule has 2 aromatic carbocycles. The molecule has 0 bridgehead atoms. The molecule has 9 nitrogen and oxygen atoms in total. The number of nitrogens with zero attached hydrogens (tertiary/aromatic N) is 3. The lowest BCUT2D eigenvalue weighted by molar-refractivity contribution is -0.116. The lowest BCUT2D eigenvalue weighted by atomic mass is 9.99. The zero-order valence-corrected chi connectivity index (χ0v) is 23.2. The predicted octanol–water partition coefficient (Wildman–Crippen LogP) is 5.13. The number of hydrogen-bond donors (Lipinski definition) is 2. The van der Waals surface area contributed by atoms with Gasteiger partial charge in [0.25, 0.3) is 5.91 Å². The quantitative estimate of drug-likeness (QED) is 0.296. The van der Waals surface area contributed by atoms with Gasteiger partial charge in [-0.3, -0.25) is 14.5 Å². The molecule has 1 aliphatic carbocycles. The Bertz CT molecular complexity index is 1220. The topological polar surface area (TPSA) is 106 Å². The fourth-order valence-electron chi connectivity index (χ4n) is 4.71.